The zero-order chi connectivity index (χ0) is 14.3. The summed E-state index contributed by atoms with van der Waals surface area (Å²) < 4.78 is 1.14. The molecule has 2 atom stereocenters. The quantitative estimate of drug-likeness (QED) is 0.527. The number of benzene rings is 2. The molecule has 0 aliphatic heterocycles. The summed E-state index contributed by atoms with van der Waals surface area (Å²) in [5, 5.41) is 2.64. The maximum Gasteiger partial charge on any atom is 0.0624 e. The van der Waals surface area contributed by atoms with Crippen molar-refractivity contribution in [1.82, 2.24) is 0 Å². The summed E-state index contributed by atoms with van der Waals surface area (Å²) in [7, 11) is 0. The Bertz CT molecular complexity index is 632. The Hall–Kier alpha value is -0.530. The maximum absolute atomic E-state index is 6.91. The molecule has 1 aliphatic rings. The van der Waals surface area contributed by atoms with Crippen LogP contribution in [0.3, 0.4) is 0 Å². The van der Waals surface area contributed by atoms with Gasteiger partial charge >= 0.3 is 0 Å². The van der Waals surface area contributed by atoms with E-state index < -0.39 is 0 Å². The van der Waals surface area contributed by atoms with Crippen LogP contribution in [0.5, 0.6) is 0 Å². The van der Waals surface area contributed by atoms with Crippen molar-refractivity contribution in [2.24, 2.45) is 11.3 Å². The third kappa shape index (κ3) is 2.40. The molecule has 0 N–H and O–H groups in total. The summed E-state index contributed by atoms with van der Waals surface area (Å²) in [5.74, 6) is 0.564. The van der Waals surface area contributed by atoms with Crippen LogP contribution in [0.1, 0.15) is 44.1 Å². The van der Waals surface area contributed by atoms with Gasteiger partial charge in [-0.05, 0) is 46.6 Å². The van der Waals surface area contributed by atoms with E-state index >= 15 is 0 Å². The van der Waals surface area contributed by atoms with Gasteiger partial charge in [-0.25, -0.2) is 0 Å². The highest BCUT2D eigenvalue weighted by Crippen LogP contribution is 2.52. The Kier molecular flexibility index (Phi) is 3.85. The molecule has 0 heterocycles. The summed E-state index contributed by atoms with van der Waals surface area (Å²) >= 11 is 10.6. The topological polar surface area (TPSA) is 0 Å². The number of halogens is 2. The Labute approximate surface area is 134 Å². The molecular formula is C18H20BrCl. The fraction of sp³-hybridized carbons (Fsp3) is 0.444. The summed E-state index contributed by atoms with van der Waals surface area (Å²) in [5.41, 5.74) is 1.63. The zero-order valence-electron chi connectivity index (χ0n) is 12.0. The molecule has 1 aliphatic carbocycles. The van der Waals surface area contributed by atoms with E-state index in [4.69, 9.17) is 11.6 Å². The minimum Gasteiger partial charge on any atom is -0.117 e. The molecule has 0 spiro atoms. The van der Waals surface area contributed by atoms with Crippen molar-refractivity contribution in [3.05, 3.63) is 46.4 Å². The van der Waals surface area contributed by atoms with E-state index in [1.54, 1.807) is 0 Å². The zero-order valence-corrected chi connectivity index (χ0v) is 14.3. The fourth-order valence-electron chi connectivity index (χ4n) is 3.64. The Morgan fingerprint density at radius 2 is 1.85 bits per heavy atom. The first-order valence-electron chi connectivity index (χ1n) is 7.32. The fourth-order valence-corrected chi connectivity index (χ4v) is 4.77. The molecule has 2 aromatic rings. The molecule has 1 saturated carbocycles. The Balaban J connectivity index is 2.08. The van der Waals surface area contributed by atoms with Gasteiger partial charge in [0.25, 0.3) is 0 Å². The summed E-state index contributed by atoms with van der Waals surface area (Å²) in [6.45, 7) is 4.72. The van der Waals surface area contributed by atoms with Crippen LogP contribution >= 0.6 is 27.5 Å². The molecule has 0 aromatic heterocycles. The minimum absolute atomic E-state index is 0.102. The van der Waals surface area contributed by atoms with Gasteiger partial charge in [-0.15, -0.1) is 11.6 Å². The summed E-state index contributed by atoms with van der Waals surface area (Å²) in [6, 6.07) is 12.9. The monoisotopic (exact) mass is 350 g/mol. The van der Waals surface area contributed by atoms with Crippen molar-refractivity contribution in [3.8, 4) is 0 Å². The largest absolute Gasteiger partial charge is 0.117 e. The van der Waals surface area contributed by atoms with E-state index in [2.05, 4.69) is 66.2 Å². The maximum atomic E-state index is 6.91. The number of rotatable bonds is 2. The Morgan fingerprint density at radius 3 is 2.50 bits per heavy atom. The first-order chi connectivity index (χ1) is 9.50. The molecule has 2 heteroatoms. The predicted octanol–water partition coefficient (Wildman–Crippen LogP) is 6.71. The van der Waals surface area contributed by atoms with Gasteiger partial charge in [0.1, 0.15) is 0 Å². The van der Waals surface area contributed by atoms with Gasteiger partial charge in [-0.1, -0.05) is 66.5 Å². The van der Waals surface area contributed by atoms with Gasteiger partial charge < -0.3 is 0 Å². The lowest BCUT2D eigenvalue weighted by atomic mass is 9.77. The van der Waals surface area contributed by atoms with Crippen molar-refractivity contribution in [2.45, 2.75) is 38.5 Å². The van der Waals surface area contributed by atoms with Gasteiger partial charge in [0.15, 0.2) is 0 Å². The minimum atomic E-state index is 0.102. The highest BCUT2D eigenvalue weighted by molar-refractivity contribution is 9.10. The highest BCUT2D eigenvalue weighted by Gasteiger charge is 2.39. The predicted molar refractivity (Wildman–Crippen MR) is 91.4 cm³/mol. The smallest absolute Gasteiger partial charge is 0.0624 e. The highest BCUT2D eigenvalue weighted by atomic mass is 79.9. The molecule has 2 aromatic carbocycles. The van der Waals surface area contributed by atoms with Gasteiger partial charge in [0.05, 0.1) is 5.38 Å². The number of hydrogen-bond acceptors (Lipinski definition) is 0. The second-order valence-electron chi connectivity index (χ2n) is 6.57. The number of hydrogen-bond donors (Lipinski definition) is 0. The Morgan fingerprint density at radius 1 is 1.15 bits per heavy atom. The molecule has 0 amide bonds. The molecule has 2 unspecified atom stereocenters. The van der Waals surface area contributed by atoms with Crippen molar-refractivity contribution >= 4 is 38.3 Å². The number of alkyl halides is 1. The lowest BCUT2D eigenvalue weighted by Crippen LogP contribution is -2.21. The van der Waals surface area contributed by atoms with E-state index in [-0.39, 0.29) is 5.38 Å². The van der Waals surface area contributed by atoms with Gasteiger partial charge in [-0.3, -0.25) is 0 Å². The average Bonchev–Trinajstić information content (AvgIpc) is 2.78. The number of fused-ring (bicyclic) bond motifs is 1. The first-order valence-corrected chi connectivity index (χ1v) is 8.55. The van der Waals surface area contributed by atoms with Crippen LogP contribution in [0, 0.1) is 11.3 Å². The SMILES string of the molecule is CC1(C)CCCC1C(Cl)c1ccc(Br)c2ccccc12. The van der Waals surface area contributed by atoms with E-state index in [0.29, 0.717) is 11.3 Å². The molecule has 0 radical (unpaired) electrons. The van der Waals surface area contributed by atoms with E-state index in [1.165, 1.54) is 35.6 Å². The van der Waals surface area contributed by atoms with E-state index in [0.717, 1.165) is 4.47 Å². The van der Waals surface area contributed by atoms with Crippen molar-refractivity contribution in [1.29, 1.82) is 0 Å². The van der Waals surface area contributed by atoms with Crippen LogP contribution in [0.25, 0.3) is 10.8 Å². The van der Waals surface area contributed by atoms with Crippen LogP contribution < -0.4 is 0 Å². The van der Waals surface area contributed by atoms with Crippen molar-refractivity contribution in [2.75, 3.05) is 0 Å². The second-order valence-corrected chi connectivity index (χ2v) is 7.90. The van der Waals surface area contributed by atoms with Crippen LogP contribution in [-0.4, -0.2) is 0 Å². The van der Waals surface area contributed by atoms with Crippen LogP contribution in [0.4, 0.5) is 0 Å². The van der Waals surface area contributed by atoms with Crippen molar-refractivity contribution in [3.63, 3.8) is 0 Å². The second kappa shape index (κ2) is 5.35. The summed E-state index contributed by atoms with van der Waals surface area (Å²) in [6.07, 6.45) is 3.83. The first kappa shape index (κ1) is 14.4. The normalized spacial score (nSPS) is 23.1. The molecule has 20 heavy (non-hydrogen) atoms. The molecule has 0 bridgehead atoms. The molecule has 0 saturated heterocycles. The van der Waals surface area contributed by atoms with Crippen molar-refractivity contribution < 1.29 is 0 Å². The van der Waals surface area contributed by atoms with Gasteiger partial charge in [0, 0.05) is 4.47 Å². The van der Waals surface area contributed by atoms with Gasteiger partial charge in [-0.2, -0.15) is 0 Å². The lowest BCUT2D eigenvalue weighted by Gasteiger charge is -2.31. The standard InChI is InChI=1S/C18H20BrCl/c1-18(2)11-5-8-15(18)17(20)14-9-10-16(19)13-7-4-3-6-12(13)14/h3-4,6-7,9-10,15,17H,5,8,11H2,1-2H3. The van der Waals surface area contributed by atoms with Crippen LogP contribution in [0.2, 0.25) is 0 Å². The molecule has 3 rings (SSSR count). The van der Waals surface area contributed by atoms with Crippen LogP contribution in [0.15, 0.2) is 40.9 Å². The average molecular weight is 352 g/mol. The molecule has 106 valence electrons. The molecular weight excluding hydrogens is 332 g/mol. The van der Waals surface area contributed by atoms with Gasteiger partial charge in [0.2, 0.25) is 0 Å². The third-order valence-corrected chi connectivity index (χ3v) is 6.13. The van der Waals surface area contributed by atoms with Crippen LogP contribution in [-0.2, 0) is 0 Å². The van der Waals surface area contributed by atoms with E-state index in [1.807, 2.05) is 0 Å². The third-order valence-electron chi connectivity index (χ3n) is 4.89. The van der Waals surface area contributed by atoms with E-state index in [9.17, 15) is 0 Å². The summed E-state index contributed by atoms with van der Waals surface area (Å²) in [4.78, 5) is 0. The lowest BCUT2D eigenvalue weighted by molar-refractivity contribution is 0.252. The molecule has 1 fully saturated rings. The molecule has 0 nitrogen and oxygen atoms in total.